The van der Waals surface area contributed by atoms with E-state index in [1.807, 2.05) is 0 Å². The Labute approximate surface area is 218 Å². The van der Waals surface area contributed by atoms with Gasteiger partial charge >= 0.3 is 0 Å². The Kier molecular flexibility index (Phi) is 8.86. The van der Waals surface area contributed by atoms with E-state index < -0.39 is 33.5 Å². The Morgan fingerprint density at radius 2 is 1.74 bits per heavy atom. The van der Waals surface area contributed by atoms with E-state index in [-0.39, 0.29) is 31.5 Å². The second-order valence-corrected chi connectivity index (χ2v) is 10.8. The highest BCUT2D eigenvalue weighted by Gasteiger charge is 2.32. The summed E-state index contributed by atoms with van der Waals surface area (Å²) in [6.07, 6.45) is 7.51. The van der Waals surface area contributed by atoms with Crippen molar-refractivity contribution in [1.29, 1.82) is 0 Å². The number of aromatic nitrogens is 4. The molecule has 0 radical (unpaired) electrons. The highest BCUT2D eigenvalue weighted by Crippen LogP contribution is 2.24. The molecule has 1 fully saturated rings. The van der Waals surface area contributed by atoms with E-state index in [1.165, 1.54) is 22.8 Å². The lowest BCUT2D eigenvalue weighted by molar-refractivity contribution is -0.158. The number of amides is 1. The Bertz CT molecular complexity index is 1330. The number of carbonyl (C=O) groups is 1. The minimum Gasteiger partial charge on any atom is -0.338 e. The van der Waals surface area contributed by atoms with Crippen LogP contribution in [0.2, 0.25) is 0 Å². The molecule has 1 atom stereocenters. The van der Waals surface area contributed by atoms with E-state index in [1.54, 1.807) is 23.4 Å². The predicted octanol–water partition coefficient (Wildman–Crippen LogP) is 1.90. The first-order valence-corrected chi connectivity index (χ1v) is 13.6. The van der Waals surface area contributed by atoms with Crippen LogP contribution in [-0.4, -0.2) is 87.3 Å². The van der Waals surface area contributed by atoms with Gasteiger partial charge in [0.25, 0.3) is 0 Å². The van der Waals surface area contributed by atoms with Gasteiger partial charge in [-0.25, -0.2) is 42.2 Å². The zero-order valence-electron chi connectivity index (χ0n) is 20.4. The standard InChI is InChI=1S/C24H27F2N7O4S/c25-19-5-6-21(22(26)13-19)18-14-29-24(30-15-18)31-9-11-32(12-10-31)38(36,37)16-20(33(35)17-34)3-1-4-23-27-7-2-8-28-23/h2,5-8,13-15,17,20,35H,1,3-4,9-12,16H2. The van der Waals surface area contributed by atoms with Crippen LogP contribution in [0.1, 0.15) is 18.7 Å². The van der Waals surface area contributed by atoms with Crippen LogP contribution in [0.5, 0.6) is 0 Å². The summed E-state index contributed by atoms with van der Waals surface area (Å²) in [4.78, 5) is 29.8. The number of aryl methyl sites for hydroxylation is 1. The summed E-state index contributed by atoms with van der Waals surface area (Å²) in [6, 6.07) is 4.03. The third-order valence-electron chi connectivity index (χ3n) is 6.24. The molecule has 3 aromatic rings. The molecule has 1 aromatic carbocycles. The highest BCUT2D eigenvalue weighted by molar-refractivity contribution is 7.89. The van der Waals surface area contributed by atoms with Crippen molar-refractivity contribution >= 4 is 22.4 Å². The van der Waals surface area contributed by atoms with Gasteiger partial charge in [-0.1, -0.05) is 0 Å². The molecule has 1 N–H and O–H groups in total. The number of anilines is 1. The van der Waals surface area contributed by atoms with Gasteiger partial charge in [0.2, 0.25) is 22.4 Å². The summed E-state index contributed by atoms with van der Waals surface area (Å²) in [5.41, 5.74) is 0.564. The van der Waals surface area contributed by atoms with Crippen LogP contribution in [-0.2, 0) is 21.2 Å². The third kappa shape index (κ3) is 6.82. The number of halogens is 2. The van der Waals surface area contributed by atoms with Crippen molar-refractivity contribution in [3.05, 3.63) is 66.5 Å². The van der Waals surface area contributed by atoms with Gasteiger partial charge in [0, 0.05) is 74.6 Å². The first-order valence-electron chi connectivity index (χ1n) is 12.0. The number of benzene rings is 1. The number of carbonyl (C=O) groups excluding carboxylic acids is 1. The van der Waals surface area contributed by atoms with E-state index in [4.69, 9.17) is 0 Å². The summed E-state index contributed by atoms with van der Waals surface area (Å²) in [6.45, 7) is 0.959. The van der Waals surface area contributed by atoms with E-state index in [0.717, 1.165) is 12.1 Å². The minimum absolute atomic E-state index is 0.164. The van der Waals surface area contributed by atoms with E-state index in [9.17, 15) is 27.2 Å². The smallest absolute Gasteiger partial charge is 0.233 e. The number of hydrogen-bond acceptors (Lipinski definition) is 9. The fourth-order valence-electron chi connectivity index (χ4n) is 4.19. The Hall–Kier alpha value is -3.62. The maximum atomic E-state index is 14.0. The molecular formula is C24H27F2N7O4S. The quantitative estimate of drug-likeness (QED) is 0.217. The largest absolute Gasteiger partial charge is 0.338 e. The molecule has 1 unspecified atom stereocenters. The molecule has 1 aliphatic heterocycles. The summed E-state index contributed by atoms with van der Waals surface area (Å²) < 4.78 is 54.7. The zero-order chi connectivity index (χ0) is 27.1. The lowest BCUT2D eigenvalue weighted by Gasteiger charge is -2.35. The average molecular weight is 548 g/mol. The lowest BCUT2D eigenvalue weighted by Crippen LogP contribution is -2.51. The maximum Gasteiger partial charge on any atom is 0.233 e. The molecule has 3 heterocycles. The van der Waals surface area contributed by atoms with Gasteiger partial charge in [-0.3, -0.25) is 10.0 Å². The molecule has 0 bridgehead atoms. The molecule has 0 aliphatic carbocycles. The van der Waals surface area contributed by atoms with Crippen LogP contribution in [0, 0.1) is 11.6 Å². The molecule has 14 heteroatoms. The van der Waals surface area contributed by atoms with Crippen LogP contribution in [0.4, 0.5) is 14.7 Å². The highest BCUT2D eigenvalue weighted by atomic mass is 32.2. The van der Waals surface area contributed by atoms with Crippen LogP contribution >= 0.6 is 0 Å². The molecule has 1 aliphatic rings. The number of sulfonamides is 1. The Morgan fingerprint density at radius 3 is 2.37 bits per heavy atom. The van der Waals surface area contributed by atoms with Gasteiger partial charge < -0.3 is 4.90 Å². The first-order chi connectivity index (χ1) is 18.3. The van der Waals surface area contributed by atoms with Gasteiger partial charge in [-0.2, -0.15) is 4.31 Å². The van der Waals surface area contributed by atoms with Gasteiger partial charge in [0.1, 0.15) is 17.5 Å². The number of piperazine rings is 1. The van der Waals surface area contributed by atoms with Gasteiger partial charge in [-0.15, -0.1) is 0 Å². The monoisotopic (exact) mass is 547 g/mol. The summed E-state index contributed by atoms with van der Waals surface area (Å²) in [5.74, 6) is -0.868. The summed E-state index contributed by atoms with van der Waals surface area (Å²) >= 11 is 0. The molecule has 1 amide bonds. The number of hydrogen-bond donors (Lipinski definition) is 1. The molecule has 38 heavy (non-hydrogen) atoms. The first kappa shape index (κ1) is 27.4. The van der Waals surface area contributed by atoms with Gasteiger partial charge in [0.05, 0.1) is 11.8 Å². The van der Waals surface area contributed by atoms with Crippen molar-refractivity contribution < 1.29 is 27.2 Å². The molecule has 202 valence electrons. The molecule has 0 saturated carbocycles. The molecule has 2 aromatic heterocycles. The zero-order valence-corrected chi connectivity index (χ0v) is 21.2. The normalized spacial score (nSPS) is 15.3. The van der Waals surface area contributed by atoms with Crippen molar-refractivity contribution in [2.45, 2.75) is 25.3 Å². The Morgan fingerprint density at radius 1 is 1.05 bits per heavy atom. The van der Waals surface area contributed by atoms with E-state index >= 15 is 0 Å². The predicted molar refractivity (Wildman–Crippen MR) is 133 cm³/mol. The molecule has 4 rings (SSSR count). The number of nitrogens with zero attached hydrogens (tertiary/aromatic N) is 7. The third-order valence-corrected chi connectivity index (χ3v) is 8.20. The van der Waals surface area contributed by atoms with Crippen molar-refractivity contribution in [3.63, 3.8) is 0 Å². The van der Waals surface area contributed by atoms with Crippen molar-refractivity contribution in [2.24, 2.45) is 0 Å². The van der Waals surface area contributed by atoms with E-state index in [0.29, 0.717) is 48.3 Å². The second-order valence-electron chi connectivity index (χ2n) is 8.76. The lowest BCUT2D eigenvalue weighted by atomic mass is 10.1. The molecule has 11 nitrogen and oxygen atoms in total. The number of hydroxylamine groups is 2. The second kappa shape index (κ2) is 12.3. The van der Waals surface area contributed by atoms with Crippen molar-refractivity contribution in [2.75, 3.05) is 36.8 Å². The molecular weight excluding hydrogens is 520 g/mol. The van der Waals surface area contributed by atoms with Crippen LogP contribution in [0.15, 0.2) is 49.1 Å². The van der Waals surface area contributed by atoms with Crippen LogP contribution in [0.25, 0.3) is 11.1 Å². The van der Waals surface area contributed by atoms with Gasteiger partial charge in [-0.05, 0) is 31.0 Å². The topological polar surface area (TPSA) is 133 Å². The van der Waals surface area contributed by atoms with Crippen LogP contribution < -0.4 is 4.90 Å². The molecule has 0 spiro atoms. The summed E-state index contributed by atoms with van der Waals surface area (Å²) in [5, 5.41) is 10.4. The fourth-order valence-corrected chi connectivity index (χ4v) is 5.93. The van der Waals surface area contributed by atoms with Crippen molar-refractivity contribution in [3.8, 4) is 11.1 Å². The van der Waals surface area contributed by atoms with Crippen molar-refractivity contribution in [1.82, 2.24) is 29.3 Å². The SMILES string of the molecule is O=CN(O)C(CCCc1ncccn1)CS(=O)(=O)N1CCN(c2ncc(-c3ccc(F)cc3F)cn2)CC1. The van der Waals surface area contributed by atoms with E-state index in [2.05, 4.69) is 19.9 Å². The Balaban J connectivity index is 1.33. The molecule has 1 saturated heterocycles. The fraction of sp³-hybridized carbons (Fsp3) is 0.375. The summed E-state index contributed by atoms with van der Waals surface area (Å²) in [7, 11) is -3.79. The maximum absolute atomic E-state index is 14.0. The number of rotatable bonds is 11. The minimum atomic E-state index is -3.79. The van der Waals surface area contributed by atoms with Gasteiger partial charge in [0.15, 0.2) is 0 Å². The van der Waals surface area contributed by atoms with Crippen LogP contribution in [0.3, 0.4) is 0 Å². The average Bonchev–Trinajstić information content (AvgIpc) is 2.93.